The van der Waals surface area contributed by atoms with Crippen LogP contribution in [0.1, 0.15) is 0 Å². The maximum absolute atomic E-state index is 2.35. The zero-order valence-corrected chi connectivity index (χ0v) is 28.6. The summed E-state index contributed by atoms with van der Waals surface area (Å²) in [6.07, 6.45) is 0. The van der Waals surface area contributed by atoms with Gasteiger partial charge < -0.3 is 0 Å². The minimum atomic E-state index is 1.21. The summed E-state index contributed by atoms with van der Waals surface area (Å²) in [6.45, 7) is 0. The Hall–Kier alpha value is -6.76. The molecule has 0 aliphatic heterocycles. The van der Waals surface area contributed by atoms with Crippen molar-refractivity contribution in [1.82, 2.24) is 0 Å². The highest BCUT2D eigenvalue weighted by atomic mass is 14.2. The van der Waals surface area contributed by atoms with Crippen LogP contribution in [0.4, 0.5) is 0 Å². The van der Waals surface area contributed by atoms with Crippen molar-refractivity contribution in [1.29, 1.82) is 0 Å². The first kappa shape index (κ1) is 30.1. The molecule has 0 nitrogen and oxygen atoms in total. The molecule has 0 saturated heterocycles. The van der Waals surface area contributed by atoms with E-state index in [9.17, 15) is 0 Å². The molecule has 52 heavy (non-hydrogen) atoms. The van der Waals surface area contributed by atoms with Crippen LogP contribution in [0, 0.1) is 0 Å². The van der Waals surface area contributed by atoms with Gasteiger partial charge in [0, 0.05) is 0 Å². The van der Waals surface area contributed by atoms with Crippen molar-refractivity contribution in [2.24, 2.45) is 0 Å². The third-order valence-electron chi connectivity index (χ3n) is 10.7. The SMILES string of the molecule is c1ccc(-c2cccc(-c3cccc4c(-c5cccc6ccccc56)c5ccccc5c(-c5ccc(-c6cccc7ccccc67)cc5)c34)c2)cc1. The zero-order valence-electron chi connectivity index (χ0n) is 28.6. The van der Waals surface area contributed by atoms with Gasteiger partial charge in [0.25, 0.3) is 0 Å². The molecule has 0 bridgehead atoms. The Balaban J connectivity index is 1.29. The van der Waals surface area contributed by atoms with Gasteiger partial charge in [0.2, 0.25) is 0 Å². The Bertz CT molecular complexity index is 2920. The molecule has 10 aromatic rings. The molecule has 0 aliphatic rings. The molecule has 0 spiro atoms. The Kier molecular flexibility index (Phi) is 7.25. The van der Waals surface area contributed by atoms with Gasteiger partial charge in [-0.2, -0.15) is 0 Å². The van der Waals surface area contributed by atoms with Crippen molar-refractivity contribution in [2.45, 2.75) is 0 Å². The molecule has 0 atom stereocenters. The molecule has 0 radical (unpaired) electrons. The summed E-state index contributed by atoms with van der Waals surface area (Å²) in [5.74, 6) is 0. The van der Waals surface area contributed by atoms with E-state index in [-0.39, 0.29) is 0 Å². The van der Waals surface area contributed by atoms with E-state index in [1.165, 1.54) is 98.7 Å². The van der Waals surface area contributed by atoms with Crippen molar-refractivity contribution in [3.8, 4) is 55.6 Å². The minimum Gasteiger partial charge on any atom is -0.0622 e. The van der Waals surface area contributed by atoms with Crippen molar-refractivity contribution in [3.05, 3.63) is 206 Å². The highest BCUT2D eigenvalue weighted by Gasteiger charge is 2.21. The Morgan fingerprint density at radius 2 is 0.673 bits per heavy atom. The molecule has 0 amide bonds. The third kappa shape index (κ3) is 5.00. The molecule has 0 heteroatoms. The van der Waals surface area contributed by atoms with Gasteiger partial charge in [-0.1, -0.05) is 200 Å². The molecule has 0 fully saturated rings. The van der Waals surface area contributed by atoms with Crippen LogP contribution < -0.4 is 0 Å². The van der Waals surface area contributed by atoms with Gasteiger partial charge in [-0.25, -0.2) is 0 Å². The molecule has 0 unspecified atom stereocenters. The lowest BCUT2D eigenvalue weighted by Crippen LogP contribution is -1.94. The largest absolute Gasteiger partial charge is 0.0622 e. The van der Waals surface area contributed by atoms with E-state index in [1.807, 2.05) is 0 Å². The second-order valence-electron chi connectivity index (χ2n) is 13.6. The fraction of sp³-hybridized carbons (Fsp3) is 0. The Labute approximate surface area is 303 Å². The predicted molar refractivity (Wildman–Crippen MR) is 224 cm³/mol. The average molecular weight is 659 g/mol. The molecular weight excluding hydrogens is 625 g/mol. The number of fused-ring (bicyclic) bond motifs is 4. The summed E-state index contributed by atoms with van der Waals surface area (Å²) >= 11 is 0. The van der Waals surface area contributed by atoms with Gasteiger partial charge in [0.15, 0.2) is 0 Å². The fourth-order valence-corrected chi connectivity index (χ4v) is 8.29. The first-order chi connectivity index (χ1) is 25.8. The first-order valence-electron chi connectivity index (χ1n) is 18.0. The molecule has 10 rings (SSSR count). The number of hydrogen-bond acceptors (Lipinski definition) is 0. The lowest BCUT2D eigenvalue weighted by atomic mass is 9.82. The van der Waals surface area contributed by atoms with Crippen LogP contribution in [0.25, 0.3) is 98.7 Å². The van der Waals surface area contributed by atoms with Crippen LogP contribution >= 0.6 is 0 Å². The maximum Gasteiger partial charge on any atom is -0.00141 e. The smallest absolute Gasteiger partial charge is 0.00141 e. The summed E-state index contributed by atoms with van der Waals surface area (Å²) in [5.41, 5.74) is 12.4. The van der Waals surface area contributed by atoms with Crippen molar-refractivity contribution < 1.29 is 0 Å². The Morgan fingerprint density at radius 3 is 1.40 bits per heavy atom. The normalized spacial score (nSPS) is 11.5. The quantitative estimate of drug-likeness (QED) is 0.161. The molecule has 242 valence electrons. The Morgan fingerprint density at radius 1 is 0.212 bits per heavy atom. The molecule has 0 N–H and O–H groups in total. The van der Waals surface area contributed by atoms with Crippen LogP contribution in [-0.2, 0) is 0 Å². The third-order valence-corrected chi connectivity index (χ3v) is 10.7. The molecular formula is C52H34. The fourth-order valence-electron chi connectivity index (χ4n) is 8.29. The summed E-state index contributed by atoms with van der Waals surface area (Å²) < 4.78 is 0. The van der Waals surface area contributed by atoms with Gasteiger partial charge in [-0.3, -0.25) is 0 Å². The van der Waals surface area contributed by atoms with E-state index in [0.717, 1.165) is 0 Å². The van der Waals surface area contributed by atoms with Crippen molar-refractivity contribution >= 4 is 43.1 Å². The van der Waals surface area contributed by atoms with Crippen LogP contribution in [0.2, 0.25) is 0 Å². The molecule has 0 saturated carbocycles. The van der Waals surface area contributed by atoms with Gasteiger partial charge >= 0.3 is 0 Å². The van der Waals surface area contributed by atoms with Gasteiger partial charge in [0.05, 0.1) is 0 Å². The minimum absolute atomic E-state index is 1.21. The summed E-state index contributed by atoms with van der Waals surface area (Å²) in [5, 5.41) is 10.1. The van der Waals surface area contributed by atoms with Crippen LogP contribution in [0.15, 0.2) is 206 Å². The van der Waals surface area contributed by atoms with E-state index < -0.39 is 0 Å². The highest BCUT2D eigenvalue weighted by Crippen LogP contribution is 2.48. The summed E-state index contributed by atoms with van der Waals surface area (Å²) in [4.78, 5) is 0. The standard InChI is InChI=1S/C52H34/c1-2-14-35(15-3-1)40-20-10-21-41(34-40)45-27-13-29-49-51(46-28-12-19-37-17-5-7-23-44(37)46)48-25-9-8-24-47(48)50(52(45)49)39-32-30-38(31-33-39)43-26-11-18-36-16-4-6-22-42(36)43/h1-34H. The topological polar surface area (TPSA) is 0 Å². The summed E-state index contributed by atoms with van der Waals surface area (Å²) in [7, 11) is 0. The number of benzene rings is 10. The van der Waals surface area contributed by atoms with Gasteiger partial charge in [-0.15, -0.1) is 0 Å². The highest BCUT2D eigenvalue weighted by molar-refractivity contribution is 6.26. The van der Waals surface area contributed by atoms with E-state index in [0.29, 0.717) is 0 Å². The average Bonchev–Trinajstić information content (AvgIpc) is 3.23. The van der Waals surface area contributed by atoms with Crippen LogP contribution in [0.5, 0.6) is 0 Å². The number of rotatable bonds is 5. The van der Waals surface area contributed by atoms with E-state index in [2.05, 4.69) is 206 Å². The van der Waals surface area contributed by atoms with E-state index >= 15 is 0 Å². The van der Waals surface area contributed by atoms with Crippen molar-refractivity contribution in [3.63, 3.8) is 0 Å². The molecule has 0 heterocycles. The van der Waals surface area contributed by atoms with E-state index in [4.69, 9.17) is 0 Å². The van der Waals surface area contributed by atoms with Crippen LogP contribution in [-0.4, -0.2) is 0 Å². The van der Waals surface area contributed by atoms with E-state index in [1.54, 1.807) is 0 Å². The second kappa shape index (κ2) is 12.5. The summed E-state index contributed by atoms with van der Waals surface area (Å²) in [6, 6.07) is 75.6. The molecule has 0 aliphatic carbocycles. The second-order valence-corrected chi connectivity index (χ2v) is 13.6. The monoisotopic (exact) mass is 658 g/mol. The number of hydrogen-bond donors (Lipinski definition) is 0. The maximum atomic E-state index is 2.35. The van der Waals surface area contributed by atoms with Crippen molar-refractivity contribution in [2.75, 3.05) is 0 Å². The lowest BCUT2D eigenvalue weighted by molar-refractivity contribution is 1.60. The molecule has 0 aromatic heterocycles. The lowest BCUT2D eigenvalue weighted by Gasteiger charge is -2.21. The van der Waals surface area contributed by atoms with Gasteiger partial charge in [0.1, 0.15) is 0 Å². The van der Waals surface area contributed by atoms with Crippen LogP contribution in [0.3, 0.4) is 0 Å². The zero-order chi connectivity index (χ0) is 34.4. The predicted octanol–water partition coefficient (Wildman–Crippen LogP) is 14.6. The van der Waals surface area contributed by atoms with Gasteiger partial charge in [-0.05, 0) is 105 Å². The first-order valence-corrected chi connectivity index (χ1v) is 18.0. The molecule has 10 aromatic carbocycles.